The Kier molecular flexibility index (Phi) is 5.33. The van der Waals surface area contributed by atoms with Crippen LogP contribution in [0, 0.1) is 5.82 Å². The van der Waals surface area contributed by atoms with E-state index in [0.29, 0.717) is 12.4 Å². The van der Waals surface area contributed by atoms with Gasteiger partial charge in [-0.25, -0.2) is 4.39 Å². The lowest BCUT2D eigenvalue weighted by molar-refractivity contribution is 0.324. The molecule has 0 spiro atoms. The molecule has 0 aliphatic carbocycles. The van der Waals surface area contributed by atoms with E-state index in [2.05, 4.69) is 22.9 Å². The van der Waals surface area contributed by atoms with E-state index in [0.717, 1.165) is 16.0 Å². The van der Waals surface area contributed by atoms with Gasteiger partial charge in [0.25, 0.3) is 0 Å². The van der Waals surface area contributed by atoms with E-state index in [4.69, 9.17) is 4.74 Å². The van der Waals surface area contributed by atoms with E-state index in [1.807, 2.05) is 0 Å². The van der Waals surface area contributed by atoms with Crippen molar-refractivity contribution >= 4 is 27.7 Å². The Labute approximate surface area is 96.2 Å². The van der Waals surface area contributed by atoms with E-state index in [1.54, 1.807) is 23.9 Å². The predicted octanol–water partition coefficient (Wildman–Crippen LogP) is 3.72. The molecule has 1 nitrogen and oxygen atoms in total. The molecule has 0 saturated carbocycles. The molecule has 14 heavy (non-hydrogen) atoms. The SMILES string of the molecule is CCSCCOc1cc(Br)ccc1F. The second kappa shape index (κ2) is 6.30. The van der Waals surface area contributed by atoms with Gasteiger partial charge in [0.1, 0.15) is 0 Å². The summed E-state index contributed by atoms with van der Waals surface area (Å²) >= 11 is 5.05. The summed E-state index contributed by atoms with van der Waals surface area (Å²) in [6.07, 6.45) is 0. The molecule has 0 fully saturated rings. The number of thioether (sulfide) groups is 1. The highest BCUT2D eigenvalue weighted by molar-refractivity contribution is 9.10. The van der Waals surface area contributed by atoms with Crippen LogP contribution in [0.2, 0.25) is 0 Å². The molecule has 0 radical (unpaired) electrons. The smallest absolute Gasteiger partial charge is 0.165 e. The Balaban J connectivity index is 2.45. The average Bonchev–Trinajstić information content (AvgIpc) is 2.18. The number of hydrogen-bond acceptors (Lipinski definition) is 2. The van der Waals surface area contributed by atoms with Crippen molar-refractivity contribution in [2.24, 2.45) is 0 Å². The molecule has 1 aromatic carbocycles. The molecule has 0 aromatic heterocycles. The van der Waals surface area contributed by atoms with Gasteiger partial charge in [-0.05, 0) is 24.0 Å². The highest BCUT2D eigenvalue weighted by Gasteiger charge is 2.02. The van der Waals surface area contributed by atoms with Gasteiger partial charge >= 0.3 is 0 Å². The first-order valence-corrected chi connectivity index (χ1v) is 6.34. The van der Waals surface area contributed by atoms with Crippen molar-refractivity contribution in [3.63, 3.8) is 0 Å². The highest BCUT2D eigenvalue weighted by atomic mass is 79.9. The van der Waals surface area contributed by atoms with Crippen molar-refractivity contribution in [2.45, 2.75) is 6.92 Å². The van der Waals surface area contributed by atoms with E-state index >= 15 is 0 Å². The van der Waals surface area contributed by atoms with E-state index < -0.39 is 0 Å². The number of benzene rings is 1. The Morgan fingerprint density at radius 1 is 1.50 bits per heavy atom. The summed E-state index contributed by atoms with van der Waals surface area (Å²) in [4.78, 5) is 0. The van der Waals surface area contributed by atoms with Crippen molar-refractivity contribution in [3.05, 3.63) is 28.5 Å². The molecule has 0 bridgehead atoms. The van der Waals surface area contributed by atoms with Crippen LogP contribution in [-0.2, 0) is 0 Å². The number of rotatable bonds is 5. The van der Waals surface area contributed by atoms with Crippen molar-refractivity contribution in [1.29, 1.82) is 0 Å². The van der Waals surface area contributed by atoms with E-state index in [-0.39, 0.29) is 5.82 Å². The first-order chi connectivity index (χ1) is 6.74. The molecule has 1 rings (SSSR count). The molecule has 78 valence electrons. The van der Waals surface area contributed by atoms with Crippen molar-refractivity contribution in [2.75, 3.05) is 18.1 Å². The second-order valence-corrected chi connectivity index (χ2v) is 4.93. The Hall–Kier alpha value is -0.220. The number of halogens is 2. The van der Waals surface area contributed by atoms with Crippen molar-refractivity contribution in [3.8, 4) is 5.75 Å². The molecular formula is C10H12BrFOS. The maximum Gasteiger partial charge on any atom is 0.165 e. The van der Waals surface area contributed by atoms with Gasteiger partial charge in [0.2, 0.25) is 0 Å². The van der Waals surface area contributed by atoms with Crippen LogP contribution < -0.4 is 4.74 Å². The first-order valence-electron chi connectivity index (χ1n) is 4.39. The lowest BCUT2D eigenvalue weighted by Crippen LogP contribution is -2.01. The maximum atomic E-state index is 13.1. The fourth-order valence-electron chi connectivity index (χ4n) is 0.943. The Bertz CT molecular complexity index is 293. The zero-order valence-electron chi connectivity index (χ0n) is 7.93. The zero-order valence-corrected chi connectivity index (χ0v) is 10.3. The fraction of sp³-hybridized carbons (Fsp3) is 0.400. The molecule has 0 aliphatic rings. The van der Waals surface area contributed by atoms with Gasteiger partial charge in [0, 0.05) is 10.2 Å². The number of ether oxygens (including phenoxy) is 1. The zero-order chi connectivity index (χ0) is 10.4. The Morgan fingerprint density at radius 3 is 3.00 bits per heavy atom. The minimum Gasteiger partial charge on any atom is -0.490 e. The van der Waals surface area contributed by atoms with Crippen LogP contribution in [0.4, 0.5) is 4.39 Å². The average molecular weight is 279 g/mol. The van der Waals surface area contributed by atoms with Crippen LogP contribution in [0.5, 0.6) is 5.75 Å². The molecule has 0 unspecified atom stereocenters. The summed E-state index contributed by atoms with van der Waals surface area (Å²) in [5.41, 5.74) is 0. The first kappa shape index (κ1) is 11.9. The molecular weight excluding hydrogens is 267 g/mol. The lowest BCUT2D eigenvalue weighted by atomic mass is 10.3. The molecule has 0 saturated heterocycles. The molecule has 1 aromatic rings. The van der Waals surface area contributed by atoms with Crippen LogP contribution in [0.15, 0.2) is 22.7 Å². The highest BCUT2D eigenvalue weighted by Crippen LogP contribution is 2.22. The van der Waals surface area contributed by atoms with Crippen molar-refractivity contribution in [1.82, 2.24) is 0 Å². The minimum atomic E-state index is -0.310. The standard InChI is InChI=1S/C10H12BrFOS/c1-2-14-6-5-13-10-7-8(11)3-4-9(10)12/h3-4,7H,2,5-6H2,1H3. The molecule has 0 amide bonds. The molecule has 0 heterocycles. The van der Waals surface area contributed by atoms with Gasteiger partial charge < -0.3 is 4.74 Å². The third kappa shape index (κ3) is 3.88. The summed E-state index contributed by atoms with van der Waals surface area (Å²) in [6.45, 7) is 2.64. The summed E-state index contributed by atoms with van der Waals surface area (Å²) in [7, 11) is 0. The third-order valence-electron chi connectivity index (χ3n) is 1.58. The monoisotopic (exact) mass is 278 g/mol. The fourth-order valence-corrected chi connectivity index (χ4v) is 1.77. The molecule has 0 aliphatic heterocycles. The second-order valence-electron chi connectivity index (χ2n) is 2.62. The van der Waals surface area contributed by atoms with Gasteiger partial charge in [-0.1, -0.05) is 22.9 Å². The van der Waals surface area contributed by atoms with Crippen LogP contribution in [0.1, 0.15) is 6.92 Å². The van der Waals surface area contributed by atoms with E-state index in [9.17, 15) is 4.39 Å². The summed E-state index contributed by atoms with van der Waals surface area (Å²) in [6, 6.07) is 4.70. The quantitative estimate of drug-likeness (QED) is 0.760. The minimum absolute atomic E-state index is 0.310. The summed E-state index contributed by atoms with van der Waals surface area (Å²) < 4.78 is 19.3. The topological polar surface area (TPSA) is 9.23 Å². The van der Waals surface area contributed by atoms with E-state index in [1.165, 1.54) is 6.07 Å². The largest absolute Gasteiger partial charge is 0.490 e. The van der Waals surface area contributed by atoms with Gasteiger partial charge in [-0.2, -0.15) is 11.8 Å². The van der Waals surface area contributed by atoms with Gasteiger partial charge in [-0.15, -0.1) is 0 Å². The summed E-state index contributed by atoms with van der Waals surface area (Å²) in [5, 5.41) is 0. The third-order valence-corrected chi connectivity index (χ3v) is 2.94. The Morgan fingerprint density at radius 2 is 2.29 bits per heavy atom. The normalized spacial score (nSPS) is 10.2. The van der Waals surface area contributed by atoms with Crippen LogP contribution in [0.25, 0.3) is 0 Å². The van der Waals surface area contributed by atoms with Crippen LogP contribution in [0.3, 0.4) is 0 Å². The molecule has 4 heteroatoms. The van der Waals surface area contributed by atoms with Crippen LogP contribution in [-0.4, -0.2) is 18.1 Å². The summed E-state index contributed by atoms with van der Waals surface area (Å²) in [5.74, 6) is 1.96. The maximum absolute atomic E-state index is 13.1. The van der Waals surface area contributed by atoms with Gasteiger partial charge in [0.05, 0.1) is 6.61 Å². The molecule has 0 N–H and O–H groups in total. The number of hydrogen-bond donors (Lipinski definition) is 0. The van der Waals surface area contributed by atoms with Gasteiger partial charge in [0.15, 0.2) is 11.6 Å². The molecule has 0 atom stereocenters. The lowest BCUT2D eigenvalue weighted by Gasteiger charge is -2.06. The van der Waals surface area contributed by atoms with Gasteiger partial charge in [-0.3, -0.25) is 0 Å². The van der Waals surface area contributed by atoms with Crippen LogP contribution >= 0.6 is 27.7 Å². The predicted molar refractivity (Wildman–Crippen MR) is 62.6 cm³/mol. The van der Waals surface area contributed by atoms with Crippen molar-refractivity contribution < 1.29 is 9.13 Å².